The Kier molecular flexibility index (Phi) is 6.51. The lowest BCUT2D eigenvalue weighted by Gasteiger charge is -2.63. The van der Waals surface area contributed by atoms with Crippen molar-refractivity contribution in [1.29, 1.82) is 0 Å². The van der Waals surface area contributed by atoms with Gasteiger partial charge in [-0.15, -0.1) is 0 Å². The predicted octanol–water partition coefficient (Wildman–Crippen LogP) is 4.47. The van der Waals surface area contributed by atoms with Gasteiger partial charge < -0.3 is 9.84 Å². The molecule has 8 heteroatoms. The van der Waals surface area contributed by atoms with Gasteiger partial charge in [0.15, 0.2) is 23.8 Å². The molecule has 1 N–H and O–H groups in total. The van der Waals surface area contributed by atoms with Crippen LogP contribution in [-0.4, -0.2) is 65.2 Å². The van der Waals surface area contributed by atoms with Crippen molar-refractivity contribution in [3.05, 3.63) is 59.2 Å². The number of aliphatic hydroxyl groups excluding tert-OH is 1. The molecular weight excluding hydrogens is 528 g/mol. The normalized spacial score (nSPS) is 43.0. The zero-order valence-electron chi connectivity index (χ0n) is 24.2. The van der Waals surface area contributed by atoms with E-state index in [1.807, 2.05) is 13.8 Å². The molecule has 4 aliphatic carbocycles. The van der Waals surface area contributed by atoms with Crippen LogP contribution in [0.4, 0.5) is 8.78 Å². The first-order valence-electron chi connectivity index (χ1n) is 14.7. The van der Waals surface area contributed by atoms with Crippen molar-refractivity contribution in [1.82, 2.24) is 4.90 Å². The molecule has 0 spiro atoms. The Hall–Kier alpha value is -2.71. The van der Waals surface area contributed by atoms with E-state index in [-0.39, 0.29) is 48.4 Å². The number of hydrogen-bond acceptors (Lipinski definition) is 6. The van der Waals surface area contributed by atoms with Crippen LogP contribution in [0.25, 0.3) is 0 Å². The van der Waals surface area contributed by atoms with E-state index in [0.717, 1.165) is 11.1 Å². The van der Waals surface area contributed by atoms with Gasteiger partial charge in [-0.25, -0.2) is 8.78 Å². The molecule has 9 atom stereocenters. The highest BCUT2D eigenvalue weighted by Gasteiger charge is 2.78. The number of rotatable bonds is 5. The molecule has 1 heterocycles. The molecule has 3 saturated carbocycles. The number of ketones is 2. The SMILES string of the molecule is CC(=O)OCC(=O)[C@]12CN(Cc3ccc(C)cc3)C[C@@H]1C[C@H]1[C@@H]3C[C@H](F)C4=CC(=O)C=C[C@]4(C)[C@@]3(F)[C@@H](O)C[C@@]12C. The average Bonchev–Trinajstić information content (AvgIpc) is 3.39. The van der Waals surface area contributed by atoms with Crippen LogP contribution in [0.1, 0.15) is 51.2 Å². The van der Waals surface area contributed by atoms with E-state index in [4.69, 9.17) is 4.74 Å². The molecule has 0 unspecified atom stereocenters. The van der Waals surface area contributed by atoms with Crippen molar-refractivity contribution in [2.45, 2.75) is 71.4 Å². The summed E-state index contributed by atoms with van der Waals surface area (Å²) in [4.78, 5) is 40.3. The largest absolute Gasteiger partial charge is 0.458 e. The molecule has 5 aliphatic rings. The molecule has 0 bridgehead atoms. The number of likely N-dealkylation sites (tertiary alicyclic amines) is 1. The first-order valence-corrected chi connectivity index (χ1v) is 14.7. The topological polar surface area (TPSA) is 83.9 Å². The molecule has 1 saturated heterocycles. The molecule has 41 heavy (non-hydrogen) atoms. The van der Waals surface area contributed by atoms with Crippen LogP contribution in [0.3, 0.4) is 0 Å². The summed E-state index contributed by atoms with van der Waals surface area (Å²) < 4.78 is 38.7. The van der Waals surface area contributed by atoms with E-state index in [0.29, 0.717) is 26.1 Å². The second kappa shape index (κ2) is 9.40. The Bertz CT molecular complexity index is 1360. The number of benzene rings is 1. The molecule has 1 aromatic rings. The second-order valence-electron chi connectivity index (χ2n) is 13.6. The Morgan fingerprint density at radius 3 is 2.54 bits per heavy atom. The van der Waals surface area contributed by atoms with Gasteiger partial charge in [0.1, 0.15) is 6.17 Å². The quantitative estimate of drug-likeness (QED) is 0.529. The number of nitrogens with zero attached hydrogens (tertiary/aromatic N) is 1. The van der Waals surface area contributed by atoms with Gasteiger partial charge >= 0.3 is 5.97 Å². The third-order valence-corrected chi connectivity index (χ3v) is 11.7. The summed E-state index contributed by atoms with van der Waals surface area (Å²) in [5, 5.41) is 11.7. The first kappa shape index (κ1) is 28.4. The predicted molar refractivity (Wildman–Crippen MR) is 148 cm³/mol. The molecule has 0 amide bonds. The van der Waals surface area contributed by atoms with Gasteiger partial charge in [-0.2, -0.15) is 0 Å². The smallest absolute Gasteiger partial charge is 0.303 e. The Balaban J connectivity index is 1.40. The summed E-state index contributed by atoms with van der Waals surface area (Å²) in [5.74, 6) is -2.52. The number of ether oxygens (including phenoxy) is 1. The van der Waals surface area contributed by atoms with Crippen molar-refractivity contribution in [2.75, 3.05) is 19.7 Å². The lowest BCUT2D eigenvalue weighted by molar-refractivity contribution is -0.212. The third kappa shape index (κ3) is 3.82. The van der Waals surface area contributed by atoms with Crippen molar-refractivity contribution in [3.63, 3.8) is 0 Å². The highest BCUT2D eigenvalue weighted by molar-refractivity contribution is 6.01. The maximum Gasteiger partial charge on any atom is 0.303 e. The van der Waals surface area contributed by atoms with Gasteiger partial charge in [0, 0.05) is 37.9 Å². The number of Topliss-reactive ketones (excluding diaryl/α,β-unsaturated/α-hetero) is 1. The highest BCUT2D eigenvalue weighted by Crippen LogP contribution is 2.74. The minimum atomic E-state index is -2.19. The number of hydrogen-bond donors (Lipinski definition) is 1. The Morgan fingerprint density at radius 2 is 1.85 bits per heavy atom. The number of aliphatic hydroxyl groups is 1. The summed E-state index contributed by atoms with van der Waals surface area (Å²) in [6, 6.07) is 8.24. The molecule has 6 rings (SSSR count). The summed E-state index contributed by atoms with van der Waals surface area (Å²) in [6.45, 7) is 8.10. The van der Waals surface area contributed by atoms with Crippen LogP contribution in [-0.2, 0) is 25.7 Å². The zero-order chi connectivity index (χ0) is 29.5. The molecule has 1 aliphatic heterocycles. The van der Waals surface area contributed by atoms with Crippen LogP contribution in [0.15, 0.2) is 48.1 Å². The van der Waals surface area contributed by atoms with Gasteiger partial charge in [0.25, 0.3) is 0 Å². The number of halogens is 2. The van der Waals surface area contributed by atoms with Crippen LogP contribution in [0.2, 0.25) is 0 Å². The van der Waals surface area contributed by atoms with E-state index < -0.39 is 46.1 Å². The fourth-order valence-electron chi connectivity index (χ4n) is 9.75. The third-order valence-electron chi connectivity index (χ3n) is 11.7. The van der Waals surface area contributed by atoms with Crippen molar-refractivity contribution >= 4 is 17.5 Å². The van der Waals surface area contributed by atoms with Gasteiger partial charge in [-0.3, -0.25) is 19.3 Å². The molecule has 220 valence electrons. The molecule has 6 nitrogen and oxygen atoms in total. The molecule has 4 fully saturated rings. The van der Waals surface area contributed by atoms with Gasteiger partial charge in [0.2, 0.25) is 0 Å². The van der Waals surface area contributed by atoms with Crippen LogP contribution in [0, 0.1) is 40.9 Å². The lowest BCUT2D eigenvalue weighted by atomic mass is 9.43. The van der Waals surface area contributed by atoms with Crippen molar-refractivity contribution in [2.24, 2.45) is 34.0 Å². The summed E-state index contributed by atoms with van der Waals surface area (Å²) in [6.07, 6.45) is 1.29. The minimum absolute atomic E-state index is 0.0208. The Morgan fingerprint density at radius 1 is 1.15 bits per heavy atom. The number of aryl methyl sites for hydroxylation is 1. The average molecular weight is 568 g/mol. The van der Waals surface area contributed by atoms with Crippen molar-refractivity contribution in [3.8, 4) is 0 Å². The number of alkyl halides is 2. The van der Waals surface area contributed by atoms with Gasteiger partial charge in [-0.1, -0.05) is 42.8 Å². The summed E-state index contributed by atoms with van der Waals surface area (Å²) in [5.41, 5.74) is -3.12. The highest BCUT2D eigenvalue weighted by atomic mass is 19.1. The summed E-state index contributed by atoms with van der Waals surface area (Å²) in [7, 11) is 0. The fraction of sp³-hybridized carbons (Fsp3) is 0.606. The number of carbonyl (C=O) groups is 3. The van der Waals surface area contributed by atoms with Crippen LogP contribution < -0.4 is 0 Å². The standard InChI is InChI=1S/C33H39F2NO5/c1-19-5-7-21(8-6-19)15-36-16-22-11-24-25-13-27(34)26-12-23(38)9-10-30(26,3)33(25,35)28(39)14-31(24,4)32(22,18-36)29(40)17-41-20(2)37/h5-10,12,22,24-25,27-28,39H,11,13-18H2,1-4H3/t22-,24-,25-,27-,28-,30-,31-,32-,33-/m0/s1. The Labute approximate surface area is 239 Å². The summed E-state index contributed by atoms with van der Waals surface area (Å²) >= 11 is 0. The second-order valence-corrected chi connectivity index (χ2v) is 13.6. The number of fused-ring (bicyclic) bond motifs is 7. The molecule has 0 aromatic heterocycles. The monoisotopic (exact) mass is 567 g/mol. The van der Waals surface area contributed by atoms with E-state index in [9.17, 15) is 19.5 Å². The van der Waals surface area contributed by atoms with Crippen LogP contribution in [0.5, 0.6) is 0 Å². The van der Waals surface area contributed by atoms with E-state index in [1.165, 1.54) is 25.2 Å². The lowest BCUT2D eigenvalue weighted by Crippen LogP contribution is -2.69. The zero-order valence-corrected chi connectivity index (χ0v) is 24.2. The minimum Gasteiger partial charge on any atom is -0.458 e. The van der Waals surface area contributed by atoms with Crippen LogP contribution >= 0.6 is 0 Å². The maximum atomic E-state index is 17.6. The molecule has 1 aromatic carbocycles. The molecular formula is C33H39F2NO5. The number of carbonyl (C=O) groups excluding carboxylic acids is 3. The van der Waals surface area contributed by atoms with Gasteiger partial charge in [0.05, 0.1) is 11.5 Å². The first-order chi connectivity index (χ1) is 19.3. The van der Waals surface area contributed by atoms with E-state index in [2.05, 4.69) is 29.2 Å². The number of esters is 1. The van der Waals surface area contributed by atoms with E-state index in [1.54, 1.807) is 6.92 Å². The van der Waals surface area contributed by atoms with Gasteiger partial charge in [-0.05, 0) is 73.6 Å². The number of allylic oxidation sites excluding steroid dienone is 4. The molecule has 0 radical (unpaired) electrons. The van der Waals surface area contributed by atoms with E-state index >= 15 is 8.78 Å². The maximum absolute atomic E-state index is 17.6. The fourth-order valence-corrected chi connectivity index (χ4v) is 9.75. The van der Waals surface area contributed by atoms with Crippen molar-refractivity contribution < 1.29 is 33.0 Å².